The summed E-state index contributed by atoms with van der Waals surface area (Å²) in [4.78, 5) is 6.03. The van der Waals surface area contributed by atoms with Crippen LogP contribution in [0.3, 0.4) is 0 Å². The molecule has 1 unspecified atom stereocenters. The highest BCUT2D eigenvalue weighted by atomic mass is 32.1. The summed E-state index contributed by atoms with van der Waals surface area (Å²) in [6, 6.07) is 1.27. The SMILES string of the molecule is CCCC(NC1CC1)c1nc(C)c(C)s1. The molecule has 1 aromatic rings. The monoisotopic (exact) mass is 224 g/mol. The molecular formula is C12H20N2S. The Morgan fingerprint density at radius 1 is 1.47 bits per heavy atom. The molecule has 0 amide bonds. The fraction of sp³-hybridized carbons (Fsp3) is 0.750. The summed E-state index contributed by atoms with van der Waals surface area (Å²) in [5, 5.41) is 4.99. The third kappa shape index (κ3) is 2.79. The molecule has 1 atom stereocenters. The van der Waals surface area contributed by atoms with E-state index in [2.05, 4.69) is 31.1 Å². The predicted octanol–water partition coefficient (Wildman–Crippen LogP) is 3.35. The molecule has 0 aromatic carbocycles. The minimum Gasteiger partial charge on any atom is -0.305 e. The highest BCUT2D eigenvalue weighted by Crippen LogP contribution is 2.30. The van der Waals surface area contributed by atoms with Gasteiger partial charge >= 0.3 is 0 Å². The van der Waals surface area contributed by atoms with Crippen LogP contribution < -0.4 is 5.32 Å². The Bertz CT molecular complexity index is 309. The van der Waals surface area contributed by atoms with Crippen molar-refractivity contribution in [2.24, 2.45) is 0 Å². The molecule has 84 valence electrons. The normalized spacial score (nSPS) is 18.1. The van der Waals surface area contributed by atoms with Gasteiger partial charge in [0.25, 0.3) is 0 Å². The van der Waals surface area contributed by atoms with Crippen LogP contribution in [0.5, 0.6) is 0 Å². The molecule has 1 saturated carbocycles. The van der Waals surface area contributed by atoms with Crippen molar-refractivity contribution < 1.29 is 0 Å². The van der Waals surface area contributed by atoms with Crippen LogP contribution in [0, 0.1) is 13.8 Å². The van der Waals surface area contributed by atoms with E-state index in [-0.39, 0.29) is 0 Å². The van der Waals surface area contributed by atoms with Gasteiger partial charge in [0.1, 0.15) is 5.01 Å². The fourth-order valence-corrected chi connectivity index (χ4v) is 2.77. The second-order valence-electron chi connectivity index (χ2n) is 4.48. The smallest absolute Gasteiger partial charge is 0.110 e. The van der Waals surface area contributed by atoms with Crippen LogP contribution in [-0.4, -0.2) is 11.0 Å². The molecule has 1 aromatic heterocycles. The highest BCUT2D eigenvalue weighted by Gasteiger charge is 2.26. The van der Waals surface area contributed by atoms with Gasteiger partial charge in [-0.2, -0.15) is 0 Å². The third-order valence-electron chi connectivity index (χ3n) is 2.93. The van der Waals surface area contributed by atoms with Crippen LogP contribution in [0.4, 0.5) is 0 Å². The molecule has 3 heteroatoms. The van der Waals surface area contributed by atoms with Gasteiger partial charge in [0.2, 0.25) is 0 Å². The van der Waals surface area contributed by atoms with E-state index in [4.69, 9.17) is 0 Å². The molecule has 15 heavy (non-hydrogen) atoms. The van der Waals surface area contributed by atoms with Crippen molar-refractivity contribution in [3.63, 3.8) is 0 Å². The quantitative estimate of drug-likeness (QED) is 0.829. The van der Waals surface area contributed by atoms with Crippen molar-refractivity contribution in [1.82, 2.24) is 10.3 Å². The van der Waals surface area contributed by atoms with Crippen molar-refractivity contribution in [2.75, 3.05) is 0 Å². The van der Waals surface area contributed by atoms with Gasteiger partial charge in [-0.15, -0.1) is 11.3 Å². The zero-order chi connectivity index (χ0) is 10.8. The van der Waals surface area contributed by atoms with E-state index >= 15 is 0 Å². The number of aromatic nitrogens is 1. The molecule has 1 N–H and O–H groups in total. The van der Waals surface area contributed by atoms with Crippen LogP contribution in [0.2, 0.25) is 0 Å². The molecule has 1 aliphatic carbocycles. The third-order valence-corrected chi connectivity index (χ3v) is 4.12. The van der Waals surface area contributed by atoms with E-state index < -0.39 is 0 Å². The highest BCUT2D eigenvalue weighted by molar-refractivity contribution is 7.11. The molecule has 0 spiro atoms. The first-order chi connectivity index (χ1) is 7.20. The number of thiazole rings is 1. The maximum Gasteiger partial charge on any atom is 0.110 e. The topological polar surface area (TPSA) is 24.9 Å². The number of hydrogen-bond acceptors (Lipinski definition) is 3. The van der Waals surface area contributed by atoms with Crippen molar-refractivity contribution in [3.05, 3.63) is 15.6 Å². The summed E-state index contributed by atoms with van der Waals surface area (Å²) >= 11 is 1.86. The van der Waals surface area contributed by atoms with Crippen LogP contribution >= 0.6 is 11.3 Å². The minimum atomic E-state index is 0.500. The zero-order valence-electron chi connectivity index (χ0n) is 9.84. The van der Waals surface area contributed by atoms with Gasteiger partial charge in [-0.25, -0.2) is 4.98 Å². The maximum absolute atomic E-state index is 4.67. The Balaban J connectivity index is 2.07. The second kappa shape index (κ2) is 4.62. The molecular weight excluding hydrogens is 204 g/mol. The van der Waals surface area contributed by atoms with Crippen molar-refractivity contribution in [3.8, 4) is 0 Å². The first kappa shape index (κ1) is 11.1. The van der Waals surface area contributed by atoms with Crippen LogP contribution in [-0.2, 0) is 0 Å². The molecule has 0 aliphatic heterocycles. The number of nitrogens with one attached hydrogen (secondary N) is 1. The van der Waals surface area contributed by atoms with Crippen LogP contribution in [0.1, 0.15) is 54.2 Å². The summed E-state index contributed by atoms with van der Waals surface area (Å²) < 4.78 is 0. The van der Waals surface area contributed by atoms with Crippen molar-refractivity contribution >= 4 is 11.3 Å². The number of rotatable bonds is 5. The molecule has 2 rings (SSSR count). The maximum atomic E-state index is 4.67. The lowest BCUT2D eigenvalue weighted by Gasteiger charge is -2.14. The molecule has 0 radical (unpaired) electrons. The van der Waals surface area contributed by atoms with Gasteiger partial charge in [-0.05, 0) is 33.1 Å². The Morgan fingerprint density at radius 2 is 2.20 bits per heavy atom. The van der Waals surface area contributed by atoms with E-state index in [0.29, 0.717) is 6.04 Å². The average Bonchev–Trinajstić information content (AvgIpc) is 2.94. The number of aryl methyl sites for hydroxylation is 2. The second-order valence-corrected chi connectivity index (χ2v) is 5.71. The lowest BCUT2D eigenvalue weighted by Crippen LogP contribution is -2.23. The lowest BCUT2D eigenvalue weighted by atomic mass is 10.2. The summed E-state index contributed by atoms with van der Waals surface area (Å²) in [6.07, 6.45) is 5.14. The molecule has 0 bridgehead atoms. The number of hydrogen-bond donors (Lipinski definition) is 1. The standard InChI is InChI=1S/C12H20N2S/c1-4-5-11(14-10-6-7-10)12-13-8(2)9(3)15-12/h10-11,14H,4-7H2,1-3H3. The first-order valence-corrected chi connectivity index (χ1v) is 6.72. The Kier molecular flexibility index (Phi) is 3.42. The molecule has 1 fully saturated rings. The zero-order valence-corrected chi connectivity index (χ0v) is 10.7. The van der Waals surface area contributed by atoms with Gasteiger partial charge in [0.05, 0.1) is 11.7 Å². The summed E-state index contributed by atoms with van der Waals surface area (Å²) in [6.45, 7) is 6.51. The van der Waals surface area contributed by atoms with E-state index in [1.54, 1.807) is 0 Å². The van der Waals surface area contributed by atoms with E-state index in [9.17, 15) is 0 Å². The van der Waals surface area contributed by atoms with Crippen LogP contribution in [0.15, 0.2) is 0 Å². The first-order valence-electron chi connectivity index (χ1n) is 5.90. The average molecular weight is 224 g/mol. The van der Waals surface area contributed by atoms with E-state index in [1.807, 2.05) is 11.3 Å². The molecule has 1 aliphatic rings. The van der Waals surface area contributed by atoms with Gasteiger partial charge in [-0.3, -0.25) is 0 Å². The Hall–Kier alpha value is -0.410. The largest absolute Gasteiger partial charge is 0.305 e. The van der Waals surface area contributed by atoms with Crippen LogP contribution in [0.25, 0.3) is 0 Å². The summed E-state index contributed by atoms with van der Waals surface area (Å²) in [7, 11) is 0. The summed E-state index contributed by atoms with van der Waals surface area (Å²) in [5.74, 6) is 0. The van der Waals surface area contributed by atoms with Crippen molar-refractivity contribution in [1.29, 1.82) is 0 Å². The van der Waals surface area contributed by atoms with Crippen molar-refractivity contribution in [2.45, 2.75) is 58.5 Å². The minimum absolute atomic E-state index is 0.500. The number of nitrogens with zero attached hydrogens (tertiary/aromatic N) is 1. The van der Waals surface area contributed by atoms with Gasteiger partial charge in [-0.1, -0.05) is 13.3 Å². The molecule has 2 nitrogen and oxygen atoms in total. The lowest BCUT2D eigenvalue weighted by molar-refractivity contribution is 0.489. The predicted molar refractivity (Wildman–Crippen MR) is 65.4 cm³/mol. The summed E-state index contributed by atoms with van der Waals surface area (Å²) in [5.41, 5.74) is 1.20. The van der Waals surface area contributed by atoms with E-state index in [0.717, 1.165) is 6.04 Å². The van der Waals surface area contributed by atoms with E-state index in [1.165, 1.54) is 41.3 Å². The van der Waals surface area contributed by atoms with Gasteiger partial charge in [0, 0.05) is 10.9 Å². The molecule has 1 heterocycles. The van der Waals surface area contributed by atoms with Gasteiger partial charge < -0.3 is 5.32 Å². The van der Waals surface area contributed by atoms with Gasteiger partial charge in [0.15, 0.2) is 0 Å². The molecule has 0 saturated heterocycles. The Morgan fingerprint density at radius 3 is 2.67 bits per heavy atom. The fourth-order valence-electron chi connectivity index (χ4n) is 1.75. The Labute approximate surface area is 96.1 Å².